The second kappa shape index (κ2) is 3.36. The van der Waals surface area contributed by atoms with Crippen LogP contribution in [0.1, 0.15) is 29.1 Å². The largest absolute Gasteiger partial charge is 0.428 e. The average Bonchev–Trinajstić information content (AvgIpc) is 2.41. The molecule has 5 nitrogen and oxygen atoms in total. The summed E-state index contributed by atoms with van der Waals surface area (Å²) in [7, 11) is 0. The van der Waals surface area contributed by atoms with Crippen LogP contribution in [0.15, 0.2) is 18.2 Å². The lowest BCUT2D eigenvalue weighted by molar-refractivity contribution is -0.131. The molecule has 1 heterocycles. The van der Waals surface area contributed by atoms with Crippen LogP contribution in [0, 0.1) is 0 Å². The number of aliphatic hydroxyl groups is 1. The normalized spacial score (nSPS) is 18.3. The number of hydrogen-bond donors (Lipinski definition) is 1. The van der Waals surface area contributed by atoms with Crippen LogP contribution >= 0.6 is 0 Å². The molecule has 0 radical (unpaired) electrons. The number of esters is 2. The fraction of sp³-hybridized carbons (Fsp3) is 0.200. The highest BCUT2D eigenvalue weighted by atomic mass is 16.6. The van der Waals surface area contributed by atoms with Gasteiger partial charge in [0.1, 0.15) is 5.75 Å². The van der Waals surface area contributed by atoms with Gasteiger partial charge in [0.2, 0.25) is 6.29 Å². The van der Waals surface area contributed by atoms with Gasteiger partial charge in [-0.1, -0.05) is 0 Å². The first-order valence-corrected chi connectivity index (χ1v) is 4.29. The Kier molecular flexibility index (Phi) is 2.17. The molecule has 2 rings (SSSR count). The molecule has 0 fully saturated rings. The van der Waals surface area contributed by atoms with Gasteiger partial charge in [0, 0.05) is 12.5 Å². The van der Waals surface area contributed by atoms with Gasteiger partial charge in [0.15, 0.2) is 0 Å². The summed E-state index contributed by atoms with van der Waals surface area (Å²) in [6.45, 7) is 1.26. The van der Waals surface area contributed by atoms with Crippen LogP contribution in [0.2, 0.25) is 0 Å². The van der Waals surface area contributed by atoms with Crippen molar-refractivity contribution in [2.45, 2.75) is 13.2 Å². The molecule has 0 saturated carbocycles. The maximum Gasteiger partial charge on any atom is 0.341 e. The van der Waals surface area contributed by atoms with E-state index in [0.717, 1.165) is 0 Å². The van der Waals surface area contributed by atoms with Crippen LogP contribution in [0.4, 0.5) is 0 Å². The van der Waals surface area contributed by atoms with Crippen molar-refractivity contribution in [3.8, 4) is 5.75 Å². The Balaban J connectivity index is 2.38. The quantitative estimate of drug-likeness (QED) is 0.545. The number of aliphatic hydroxyl groups excluding tert-OH is 1. The highest BCUT2D eigenvalue weighted by molar-refractivity contribution is 5.94. The molecule has 15 heavy (non-hydrogen) atoms. The summed E-state index contributed by atoms with van der Waals surface area (Å²) < 4.78 is 9.36. The van der Waals surface area contributed by atoms with E-state index in [1.165, 1.54) is 25.1 Å². The summed E-state index contributed by atoms with van der Waals surface area (Å²) >= 11 is 0. The second-order valence-corrected chi connectivity index (χ2v) is 3.10. The van der Waals surface area contributed by atoms with Crippen LogP contribution in [-0.2, 0) is 9.53 Å². The molecule has 0 aromatic heterocycles. The van der Waals surface area contributed by atoms with Crippen molar-refractivity contribution in [3.05, 3.63) is 29.3 Å². The lowest BCUT2D eigenvalue weighted by atomic mass is 10.1. The van der Waals surface area contributed by atoms with E-state index >= 15 is 0 Å². The van der Waals surface area contributed by atoms with E-state index in [1.807, 2.05) is 0 Å². The lowest BCUT2D eigenvalue weighted by Gasteiger charge is -2.03. The third-order valence-electron chi connectivity index (χ3n) is 1.99. The third kappa shape index (κ3) is 1.69. The SMILES string of the molecule is CC(=O)Oc1ccc2c(c1)C(=O)OC2O. The number of carbonyl (C=O) groups is 2. The van der Waals surface area contributed by atoms with Gasteiger partial charge in [-0.3, -0.25) is 4.79 Å². The first-order valence-electron chi connectivity index (χ1n) is 4.29. The molecule has 0 spiro atoms. The summed E-state index contributed by atoms with van der Waals surface area (Å²) in [5.74, 6) is -0.833. The third-order valence-corrected chi connectivity index (χ3v) is 1.99. The van der Waals surface area contributed by atoms with E-state index in [2.05, 4.69) is 4.74 Å². The molecule has 0 saturated heterocycles. The van der Waals surface area contributed by atoms with Gasteiger partial charge >= 0.3 is 11.9 Å². The number of hydrogen-bond acceptors (Lipinski definition) is 5. The zero-order valence-corrected chi connectivity index (χ0v) is 7.89. The molecule has 1 unspecified atom stereocenters. The van der Waals surface area contributed by atoms with E-state index in [4.69, 9.17) is 4.74 Å². The molecule has 1 aromatic carbocycles. The molecule has 1 aliphatic heterocycles. The Labute approximate surface area is 85.2 Å². The summed E-state index contributed by atoms with van der Waals surface area (Å²) in [5.41, 5.74) is 0.608. The molecule has 5 heteroatoms. The van der Waals surface area contributed by atoms with Crippen LogP contribution in [0.3, 0.4) is 0 Å². The second-order valence-electron chi connectivity index (χ2n) is 3.10. The minimum absolute atomic E-state index is 0.223. The Morgan fingerprint density at radius 1 is 1.53 bits per heavy atom. The van der Waals surface area contributed by atoms with Crippen LogP contribution in [0.25, 0.3) is 0 Å². The van der Waals surface area contributed by atoms with Crippen molar-refractivity contribution < 1.29 is 24.2 Å². The van der Waals surface area contributed by atoms with E-state index in [9.17, 15) is 14.7 Å². The van der Waals surface area contributed by atoms with Gasteiger partial charge in [-0.2, -0.15) is 0 Å². The predicted molar refractivity (Wildman–Crippen MR) is 48.1 cm³/mol. The van der Waals surface area contributed by atoms with Gasteiger partial charge in [0.25, 0.3) is 0 Å². The molecule has 78 valence electrons. The van der Waals surface area contributed by atoms with Crippen molar-refractivity contribution >= 4 is 11.9 Å². The Bertz CT molecular complexity index is 437. The first-order chi connectivity index (χ1) is 7.08. The van der Waals surface area contributed by atoms with Crippen molar-refractivity contribution in [2.75, 3.05) is 0 Å². The fourth-order valence-corrected chi connectivity index (χ4v) is 1.39. The van der Waals surface area contributed by atoms with E-state index < -0.39 is 18.2 Å². The minimum atomic E-state index is -1.22. The molecule has 1 N–H and O–H groups in total. The van der Waals surface area contributed by atoms with Crippen LogP contribution in [0.5, 0.6) is 5.75 Å². The number of benzene rings is 1. The van der Waals surface area contributed by atoms with Crippen molar-refractivity contribution in [1.82, 2.24) is 0 Å². The highest BCUT2D eigenvalue weighted by Gasteiger charge is 2.29. The zero-order chi connectivity index (χ0) is 11.0. The molecule has 0 amide bonds. The number of carbonyl (C=O) groups excluding carboxylic acids is 2. The molecular weight excluding hydrogens is 200 g/mol. The fourth-order valence-electron chi connectivity index (χ4n) is 1.39. The Hall–Kier alpha value is -1.88. The van der Waals surface area contributed by atoms with Crippen molar-refractivity contribution in [2.24, 2.45) is 0 Å². The van der Waals surface area contributed by atoms with Gasteiger partial charge in [0.05, 0.1) is 5.56 Å². The standard InChI is InChI=1S/C10H8O5/c1-5(11)14-6-2-3-7-8(4-6)10(13)15-9(7)12/h2-4,9,12H,1H3. The number of fused-ring (bicyclic) bond motifs is 1. The molecule has 1 aliphatic rings. The molecule has 1 aromatic rings. The smallest absolute Gasteiger partial charge is 0.341 e. The summed E-state index contributed by atoms with van der Waals surface area (Å²) in [6, 6.07) is 4.35. The van der Waals surface area contributed by atoms with Crippen molar-refractivity contribution in [3.63, 3.8) is 0 Å². The predicted octanol–water partition coefficient (Wildman–Crippen LogP) is 0.773. The Morgan fingerprint density at radius 3 is 2.93 bits per heavy atom. The van der Waals surface area contributed by atoms with E-state index in [0.29, 0.717) is 5.56 Å². The van der Waals surface area contributed by atoms with Crippen LogP contribution < -0.4 is 4.74 Å². The monoisotopic (exact) mass is 208 g/mol. The number of cyclic esters (lactones) is 1. The summed E-state index contributed by atoms with van der Waals surface area (Å²) in [5, 5.41) is 9.27. The highest BCUT2D eigenvalue weighted by Crippen LogP contribution is 2.31. The average molecular weight is 208 g/mol. The van der Waals surface area contributed by atoms with Crippen molar-refractivity contribution in [1.29, 1.82) is 0 Å². The molecular formula is C10H8O5. The zero-order valence-electron chi connectivity index (χ0n) is 7.89. The summed E-state index contributed by atoms with van der Waals surface area (Å²) in [6.07, 6.45) is -1.22. The lowest BCUT2D eigenvalue weighted by Crippen LogP contribution is -2.02. The Morgan fingerprint density at radius 2 is 2.27 bits per heavy atom. The topological polar surface area (TPSA) is 72.8 Å². The molecule has 1 atom stereocenters. The summed E-state index contributed by atoms with van der Waals surface area (Å²) in [4.78, 5) is 21.9. The maximum atomic E-state index is 11.2. The van der Waals surface area contributed by atoms with Gasteiger partial charge in [-0.15, -0.1) is 0 Å². The van der Waals surface area contributed by atoms with Gasteiger partial charge in [-0.05, 0) is 18.2 Å². The number of rotatable bonds is 1. The molecule has 0 aliphatic carbocycles. The molecule has 0 bridgehead atoms. The van der Waals surface area contributed by atoms with E-state index in [1.54, 1.807) is 0 Å². The maximum absolute atomic E-state index is 11.2. The van der Waals surface area contributed by atoms with Gasteiger partial charge in [-0.25, -0.2) is 4.79 Å². The van der Waals surface area contributed by atoms with Gasteiger partial charge < -0.3 is 14.6 Å². The number of ether oxygens (including phenoxy) is 2. The first kappa shape index (κ1) is 9.67. The van der Waals surface area contributed by atoms with Crippen LogP contribution in [-0.4, -0.2) is 17.0 Å². The van der Waals surface area contributed by atoms with E-state index in [-0.39, 0.29) is 11.3 Å². The minimum Gasteiger partial charge on any atom is -0.428 e.